The summed E-state index contributed by atoms with van der Waals surface area (Å²) in [6.07, 6.45) is 3.35. The second-order valence-corrected chi connectivity index (χ2v) is 8.82. The normalized spacial score (nSPS) is 14.4. The molecule has 0 fully saturated rings. The van der Waals surface area contributed by atoms with E-state index in [9.17, 15) is 9.59 Å². The summed E-state index contributed by atoms with van der Waals surface area (Å²) in [7, 11) is 0. The number of hydrogen-bond acceptors (Lipinski definition) is 3. The summed E-state index contributed by atoms with van der Waals surface area (Å²) in [5.74, 6) is 0.427. The minimum Gasteiger partial charge on any atom is -0.358 e. The lowest BCUT2D eigenvalue weighted by Crippen LogP contribution is -2.50. The second kappa shape index (κ2) is 9.14. The van der Waals surface area contributed by atoms with Crippen LogP contribution >= 0.6 is 23.4 Å². The van der Waals surface area contributed by atoms with E-state index in [-0.39, 0.29) is 11.8 Å². The Balaban J connectivity index is 1.53. The molecule has 0 spiro atoms. The summed E-state index contributed by atoms with van der Waals surface area (Å²) in [5, 5.41) is 4.47. The van der Waals surface area contributed by atoms with Crippen LogP contribution in [0.2, 0.25) is 5.02 Å². The number of H-pyrrole nitrogens is 1. The number of halogens is 1. The van der Waals surface area contributed by atoms with Gasteiger partial charge >= 0.3 is 0 Å². The van der Waals surface area contributed by atoms with E-state index in [2.05, 4.69) is 22.4 Å². The third-order valence-electron chi connectivity index (χ3n) is 5.53. The number of benzene rings is 2. The Labute approximate surface area is 185 Å². The molecule has 4 rings (SSSR count). The zero-order valence-corrected chi connectivity index (χ0v) is 18.4. The number of rotatable bonds is 6. The zero-order chi connectivity index (χ0) is 21.1. The quantitative estimate of drug-likeness (QED) is 0.600. The van der Waals surface area contributed by atoms with Crippen molar-refractivity contribution in [2.75, 3.05) is 18.6 Å². The summed E-state index contributed by atoms with van der Waals surface area (Å²) in [4.78, 5) is 31.5. The molecule has 1 atom stereocenters. The number of nitrogens with one attached hydrogen (secondary N) is 2. The van der Waals surface area contributed by atoms with E-state index in [0.717, 1.165) is 23.1 Å². The molecule has 2 amide bonds. The Morgan fingerprint density at radius 1 is 1.20 bits per heavy atom. The Hall–Kier alpha value is -2.44. The Morgan fingerprint density at radius 3 is 2.77 bits per heavy atom. The molecule has 5 nitrogen and oxygen atoms in total. The van der Waals surface area contributed by atoms with Gasteiger partial charge in [0.25, 0.3) is 5.91 Å². The highest BCUT2D eigenvalue weighted by Gasteiger charge is 2.30. The molecule has 2 aromatic carbocycles. The maximum Gasteiger partial charge on any atom is 0.253 e. The van der Waals surface area contributed by atoms with Gasteiger partial charge in [0.05, 0.1) is 10.6 Å². The number of carbonyl (C=O) groups excluding carboxylic acids is 2. The van der Waals surface area contributed by atoms with Crippen LogP contribution in [0.25, 0.3) is 10.9 Å². The molecule has 1 unspecified atom stereocenters. The number of nitrogens with zero attached hydrogens (tertiary/aromatic N) is 1. The predicted molar refractivity (Wildman–Crippen MR) is 123 cm³/mol. The second-order valence-electron chi connectivity index (χ2n) is 7.42. The van der Waals surface area contributed by atoms with E-state index in [1.54, 1.807) is 36.0 Å². The van der Waals surface area contributed by atoms with Crippen molar-refractivity contribution >= 4 is 46.1 Å². The lowest BCUT2D eigenvalue weighted by Gasteiger charge is -2.31. The van der Waals surface area contributed by atoms with Gasteiger partial charge in [-0.3, -0.25) is 9.59 Å². The van der Waals surface area contributed by atoms with Crippen molar-refractivity contribution in [3.63, 3.8) is 0 Å². The molecule has 1 aromatic heterocycles. The molecule has 0 saturated heterocycles. The van der Waals surface area contributed by atoms with E-state index in [0.29, 0.717) is 30.1 Å². The van der Waals surface area contributed by atoms with Crippen molar-refractivity contribution in [2.45, 2.75) is 25.4 Å². The molecule has 1 aliphatic heterocycles. The van der Waals surface area contributed by atoms with Crippen molar-refractivity contribution in [3.05, 3.63) is 70.4 Å². The number of hydrogen-bond donors (Lipinski definition) is 2. The topological polar surface area (TPSA) is 65.2 Å². The van der Waals surface area contributed by atoms with E-state index in [1.165, 1.54) is 11.3 Å². The van der Waals surface area contributed by atoms with Crippen LogP contribution in [0.15, 0.2) is 48.5 Å². The standard InChI is InChI=1S/C23H24ClN3O2S/c1-30-13-11-21(26-22(28)16-7-2-4-8-18(16)24)23(29)27-12-10-20-17(14-27)15-6-3-5-9-19(15)25-20/h2-9,21,25H,10-14H2,1H3,(H,26,28). The third-order valence-corrected chi connectivity index (χ3v) is 6.50. The number of thioether (sulfide) groups is 1. The maximum atomic E-state index is 13.4. The number of fused-ring (bicyclic) bond motifs is 3. The van der Waals surface area contributed by atoms with Crippen molar-refractivity contribution in [2.24, 2.45) is 0 Å². The van der Waals surface area contributed by atoms with Gasteiger partial charge in [-0.2, -0.15) is 11.8 Å². The van der Waals surface area contributed by atoms with Gasteiger partial charge in [0.15, 0.2) is 0 Å². The monoisotopic (exact) mass is 441 g/mol. The molecular weight excluding hydrogens is 418 g/mol. The molecule has 1 aliphatic rings. The van der Waals surface area contributed by atoms with Crippen LogP contribution < -0.4 is 5.32 Å². The average molecular weight is 442 g/mol. The summed E-state index contributed by atoms with van der Waals surface area (Å²) < 4.78 is 0. The predicted octanol–water partition coefficient (Wildman–Crippen LogP) is 4.26. The van der Waals surface area contributed by atoms with Crippen molar-refractivity contribution in [3.8, 4) is 0 Å². The maximum absolute atomic E-state index is 13.4. The van der Waals surface area contributed by atoms with Crippen LogP contribution in [0.3, 0.4) is 0 Å². The van der Waals surface area contributed by atoms with E-state index >= 15 is 0 Å². The van der Waals surface area contributed by atoms with Gasteiger partial charge in [-0.15, -0.1) is 0 Å². The van der Waals surface area contributed by atoms with E-state index in [4.69, 9.17) is 11.6 Å². The Morgan fingerprint density at radius 2 is 1.97 bits per heavy atom. The lowest BCUT2D eigenvalue weighted by molar-refractivity contribution is -0.134. The first kappa shape index (κ1) is 20.8. The lowest BCUT2D eigenvalue weighted by atomic mass is 10.0. The van der Waals surface area contributed by atoms with Crippen LogP contribution in [0.5, 0.6) is 0 Å². The number of amides is 2. The molecule has 30 heavy (non-hydrogen) atoms. The van der Waals surface area contributed by atoms with Crippen LogP contribution in [-0.4, -0.2) is 46.3 Å². The molecular formula is C23H24ClN3O2S. The average Bonchev–Trinajstić information content (AvgIpc) is 3.14. The summed E-state index contributed by atoms with van der Waals surface area (Å²) in [6, 6.07) is 14.5. The van der Waals surface area contributed by atoms with Gasteiger partial charge in [-0.05, 0) is 36.6 Å². The first-order valence-corrected chi connectivity index (χ1v) is 11.8. The molecule has 7 heteroatoms. The fourth-order valence-electron chi connectivity index (χ4n) is 3.95. The van der Waals surface area contributed by atoms with Crippen molar-refractivity contribution in [1.29, 1.82) is 0 Å². The van der Waals surface area contributed by atoms with Crippen LogP contribution in [0.1, 0.15) is 28.0 Å². The Kier molecular flexibility index (Phi) is 6.35. The largest absolute Gasteiger partial charge is 0.358 e. The highest BCUT2D eigenvalue weighted by Crippen LogP contribution is 2.28. The molecule has 3 aromatic rings. The highest BCUT2D eigenvalue weighted by atomic mass is 35.5. The van der Waals surface area contributed by atoms with Crippen molar-refractivity contribution < 1.29 is 9.59 Å². The van der Waals surface area contributed by atoms with E-state index < -0.39 is 6.04 Å². The van der Waals surface area contributed by atoms with Crippen LogP contribution in [0.4, 0.5) is 0 Å². The van der Waals surface area contributed by atoms with Gasteiger partial charge < -0.3 is 15.2 Å². The van der Waals surface area contributed by atoms with Gasteiger partial charge in [0, 0.05) is 41.7 Å². The number of para-hydroxylation sites is 1. The molecule has 0 aliphatic carbocycles. The molecule has 2 N–H and O–H groups in total. The molecule has 0 saturated carbocycles. The smallest absolute Gasteiger partial charge is 0.253 e. The van der Waals surface area contributed by atoms with Gasteiger partial charge in [-0.25, -0.2) is 0 Å². The van der Waals surface area contributed by atoms with Crippen LogP contribution in [0, 0.1) is 0 Å². The summed E-state index contributed by atoms with van der Waals surface area (Å²) in [5.41, 5.74) is 3.86. The molecule has 0 radical (unpaired) electrons. The van der Waals surface area contributed by atoms with Crippen molar-refractivity contribution in [1.82, 2.24) is 15.2 Å². The Bertz CT molecular complexity index is 1080. The number of carbonyl (C=O) groups is 2. The first-order valence-electron chi connectivity index (χ1n) is 10.00. The summed E-state index contributed by atoms with van der Waals surface area (Å²) >= 11 is 7.83. The van der Waals surface area contributed by atoms with Gasteiger partial charge in [0.2, 0.25) is 5.91 Å². The summed E-state index contributed by atoms with van der Waals surface area (Å²) in [6.45, 7) is 1.19. The number of aromatic amines is 1. The SMILES string of the molecule is CSCCC(NC(=O)c1ccccc1Cl)C(=O)N1CCc2[nH]c3ccccc3c2C1. The zero-order valence-electron chi connectivity index (χ0n) is 16.8. The molecule has 156 valence electrons. The first-order chi connectivity index (χ1) is 14.6. The minimum absolute atomic E-state index is 0.0413. The van der Waals surface area contributed by atoms with Gasteiger partial charge in [0.1, 0.15) is 6.04 Å². The molecule has 2 heterocycles. The van der Waals surface area contributed by atoms with Crippen LogP contribution in [-0.2, 0) is 17.8 Å². The highest BCUT2D eigenvalue weighted by molar-refractivity contribution is 7.98. The number of aromatic nitrogens is 1. The fraction of sp³-hybridized carbons (Fsp3) is 0.304. The molecule has 0 bridgehead atoms. The van der Waals surface area contributed by atoms with E-state index in [1.807, 2.05) is 23.3 Å². The van der Waals surface area contributed by atoms with Gasteiger partial charge in [-0.1, -0.05) is 41.9 Å². The minimum atomic E-state index is -0.576. The third kappa shape index (κ3) is 4.20. The fourth-order valence-corrected chi connectivity index (χ4v) is 4.64.